The molecule has 6 nitrogen and oxygen atoms in total. The first-order chi connectivity index (χ1) is 37.0. The number of ether oxygens (including phenoxy) is 3. The van der Waals surface area contributed by atoms with Gasteiger partial charge >= 0.3 is 17.9 Å². The van der Waals surface area contributed by atoms with Crippen molar-refractivity contribution in [2.24, 2.45) is 0 Å². The summed E-state index contributed by atoms with van der Waals surface area (Å²) >= 11 is 0. The molecule has 0 rings (SSSR count). The Labute approximate surface area is 464 Å². The molecule has 0 aromatic carbocycles. The van der Waals surface area contributed by atoms with E-state index in [2.05, 4.69) is 118 Å². The summed E-state index contributed by atoms with van der Waals surface area (Å²) in [7, 11) is 0. The van der Waals surface area contributed by atoms with Gasteiger partial charge in [0.2, 0.25) is 0 Å². The van der Waals surface area contributed by atoms with E-state index in [-0.39, 0.29) is 31.1 Å². The molecule has 0 aromatic rings. The summed E-state index contributed by atoms with van der Waals surface area (Å²) in [5.41, 5.74) is 0. The monoisotopic (exact) mass is 1040 g/mol. The summed E-state index contributed by atoms with van der Waals surface area (Å²) in [5, 5.41) is 0. The maximum atomic E-state index is 12.9. The van der Waals surface area contributed by atoms with E-state index in [9.17, 15) is 14.4 Å². The van der Waals surface area contributed by atoms with E-state index in [1.165, 1.54) is 141 Å². The van der Waals surface area contributed by atoms with Crippen LogP contribution in [0.1, 0.15) is 303 Å². The first kappa shape index (κ1) is 71.3. The van der Waals surface area contributed by atoms with Gasteiger partial charge in [0.05, 0.1) is 0 Å². The predicted molar refractivity (Wildman–Crippen MR) is 325 cm³/mol. The molecule has 0 aliphatic carbocycles. The number of hydrogen-bond acceptors (Lipinski definition) is 6. The Bertz CT molecular complexity index is 1480. The van der Waals surface area contributed by atoms with Gasteiger partial charge in [-0.25, -0.2) is 0 Å². The molecular formula is C69H118O6. The molecule has 0 N–H and O–H groups in total. The molecule has 0 aromatic heterocycles. The number of hydrogen-bond donors (Lipinski definition) is 0. The third-order valence-electron chi connectivity index (χ3n) is 13.5. The van der Waals surface area contributed by atoms with Crippen LogP contribution < -0.4 is 0 Å². The highest BCUT2D eigenvalue weighted by Crippen LogP contribution is 2.16. The molecule has 1 unspecified atom stereocenters. The van der Waals surface area contributed by atoms with Gasteiger partial charge in [-0.3, -0.25) is 14.4 Å². The van der Waals surface area contributed by atoms with Gasteiger partial charge in [0.25, 0.3) is 0 Å². The zero-order valence-corrected chi connectivity index (χ0v) is 49.3. The molecular weight excluding hydrogens is 925 g/mol. The van der Waals surface area contributed by atoms with Gasteiger partial charge < -0.3 is 14.2 Å². The third-order valence-corrected chi connectivity index (χ3v) is 13.5. The number of esters is 3. The quantitative estimate of drug-likeness (QED) is 0.0261. The fraction of sp³-hybridized carbons (Fsp3) is 0.725. The standard InChI is InChI=1S/C69H118O6/c1-4-7-10-13-16-19-22-25-27-28-29-30-31-32-33-34-35-36-37-38-39-40-42-44-47-50-53-56-59-62-68(71)74-65-66(64-73-67(70)61-58-55-52-49-46-43-24-21-18-15-12-9-6-3)75-69(72)63-60-57-54-51-48-45-41-26-23-20-17-14-11-8-5-2/h7,10,16-17,19-21,24-27,29-30,32-33,41,66H,4-6,8-9,11-15,18,22-23,28,31,34-40,42-65H2,1-3H3/b10-7-,19-16-,20-17-,24-21-,27-25-,30-29-,33-32-,41-26-. The Balaban J connectivity index is 4.25. The van der Waals surface area contributed by atoms with Gasteiger partial charge in [0, 0.05) is 19.3 Å². The van der Waals surface area contributed by atoms with E-state index in [1.54, 1.807) is 0 Å². The Kier molecular flexibility index (Phi) is 59.8. The number of carbonyl (C=O) groups is 3. The Morgan fingerprint density at radius 3 is 0.853 bits per heavy atom. The number of allylic oxidation sites excluding steroid dienone is 16. The van der Waals surface area contributed by atoms with Crippen LogP contribution in [-0.4, -0.2) is 37.2 Å². The van der Waals surface area contributed by atoms with E-state index in [0.29, 0.717) is 19.3 Å². The lowest BCUT2D eigenvalue weighted by atomic mass is 10.0. The fourth-order valence-electron chi connectivity index (χ4n) is 8.79. The molecule has 6 heteroatoms. The molecule has 0 radical (unpaired) electrons. The van der Waals surface area contributed by atoms with Crippen LogP contribution in [0.5, 0.6) is 0 Å². The van der Waals surface area contributed by atoms with Crippen LogP contribution in [0.3, 0.4) is 0 Å². The second-order valence-electron chi connectivity index (χ2n) is 20.9. The molecule has 0 aliphatic heterocycles. The van der Waals surface area contributed by atoms with Crippen molar-refractivity contribution in [3.05, 3.63) is 97.2 Å². The fourth-order valence-corrected chi connectivity index (χ4v) is 8.79. The largest absolute Gasteiger partial charge is 0.462 e. The van der Waals surface area contributed by atoms with Gasteiger partial charge in [0.15, 0.2) is 6.10 Å². The molecule has 0 bridgehead atoms. The van der Waals surface area contributed by atoms with Crippen LogP contribution >= 0.6 is 0 Å². The summed E-state index contributed by atoms with van der Waals surface area (Å²) in [6.07, 6.45) is 84.1. The van der Waals surface area contributed by atoms with Gasteiger partial charge in [-0.2, -0.15) is 0 Å². The summed E-state index contributed by atoms with van der Waals surface area (Å²) in [4.78, 5) is 38.2. The summed E-state index contributed by atoms with van der Waals surface area (Å²) < 4.78 is 16.9. The molecule has 0 spiro atoms. The van der Waals surface area contributed by atoms with Crippen molar-refractivity contribution >= 4 is 17.9 Å². The average molecular weight is 1040 g/mol. The summed E-state index contributed by atoms with van der Waals surface area (Å²) in [6, 6.07) is 0. The minimum atomic E-state index is -0.789. The first-order valence-corrected chi connectivity index (χ1v) is 31.7. The highest BCUT2D eigenvalue weighted by molar-refractivity contribution is 5.71. The van der Waals surface area contributed by atoms with E-state index in [0.717, 1.165) is 122 Å². The Hall–Kier alpha value is -3.67. The predicted octanol–water partition coefficient (Wildman–Crippen LogP) is 21.7. The number of rotatable bonds is 57. The molecule has 0 fully saturated rings. The van der Waals surface area contributed by atoms with Crippen LogP contribution in [-0.2, 0) is 28.6 Å². The van der Waals surface area contributed by atoms with E-state index < -0.39 is 6.10 Å². The molecule has 0 heterocycles. The average Bonchev–Trinajstić information content (AvgIpc) is 3.41. The summed E-state index contributed by atoms with van der Waals surface area (Å²) in [6.45, 7) is 6.48. The SMILES string of the molecule is CC/C=C\C/C=C\C/C=C\C/C=C\C/C=C\CCCCCCCCCCCCCCCC(=O)OCC(COC(=O)CCCCCCC/C=C\CCCCCC)OC(=O)CCCCCCC/C=C\C/C=C\CCCCC. The number of unbranched alkanes of at least 4 members (excludes halogenated alkanes) is 30. The lowest BCUT2D eigenvalue weighted by Gasteiger charge is -2.18. The molecule has 430 valence electrons. The lowest BCUT2D eigenvalue weighted by Crippen LogP contribution is -2.30. The molecule has 0 aliphatic rings. The zero-order valence-electron chi connectivity index (χ0n) is 49.3. The van der Waals surface area contributed by atoms with Crippen molar-refractivity contribution in [1.29, 1.82) is 0 Å². The van der Waals surface area contributed by atoms with Crippen molar-refractivity contribution in [2.75, 3.05) is 13.2 Å². The van der Waals surface area contributed by atoms with Gasteiger partial charge in [-0.15, -0.1) is 0 Å². The summed E-state index contributed by atoms with van der Waals surface area (Å²) in [5.74, 6) is -0.901. The second kappa shape index (κ2) is 62.9. The lowest BCUT2D eigenvalue weighted by molar-refractivity contribution is -0.167. The van der Waals surface area contributed by atoms with Crippen molar-refractivity contribution in [2.45, 2.75) is 309 Å². The molecule has 0 saturated heterocycles. The smallest absolute Gasteiger partial charge is 0.306 e. The normalized spacial score (nSPS) is 12.7. The van der Waals surface area contributed by atoms with Crippen LogP contribution in [0.25, 0.3) is 0 Å². The van der Waals surface area contributed by atoms with Crippen molar-refractivity contribution in [3.8, 4) is 0 Å². The highest BCUT2D eigenvalue weighted by atomic mass is 16.6. The van der Waals surface area contributed by atoms with Crippen LogP contribution in [0.2, 0.25) is 0 Å². The van der Waals surface area contributed by atoms with Gasteiger partial charge in [0.1, 0.15) is 13.2 Å². The topological polar surface area (TPSA) is 78.9 Å². The van der Waals surface area contributed by atoms with Gasteiger partial charge in [-0.05, 0) is 122 Å². The van der Waals surface area contributed by atoms with E-state index in [1.807, 2.05) is 0 Å². The van der Waals surface area contributed by atoms with E-state index in [4.69, 9.17) is 14.2 Å². The van der Waals surface area contributed by atoms with Crippen LogP contribution in [0, 0.1) is 0 Å². The van der Waals surface area contributed by atoms with Gasteiger partial charge in [-0.1, -0.05) is 259 Å². The zero-order chi connectivity index (χ0) is 54.3. The Morgan fingerprint density at radius 2 is 0.520 bits per heavy atom. The third kappa shape index (κ3) is 61.1. The first-order valence-electron chi connectivity index (χ1n) is 31.7. The maximum absolute atomic E-state index is 12.9. The van der Waals surface area contributed by atoms with Crippen LogP contribution in [0.4, 0.5) is 0 Å². The molecule has 0 saturated carbocycles. The molecule has 1 atom stereocenters. The highest BCUT2D eigenvalue weighted by Gasteiger charge is 2.19. The minimum absolute atomic E-state index is 0.0850. The number of carbonyl (C=O) groups excluding carboxylic acids is 3. The van der Waals surface area contributed by atoms with Crippen LogP contribution in [0.15, 0.2) is 97.2 Å². The van der Waals surface area contributed by atoms with Crippen molar-refractivity contribution in [3.63, 3.8) is 0 Å². The van der Waals surface area contributed by atoms with Crippen molar-refractivity contribution in [1.82, 2.24) is 0 Å². The van der Waals surface area contributed by atoms with Crippen molar-refractivity contribution < 1.29 is 28.6 Å². The molecule has 0 amide bonds. The Morgan fingerprint density at radius 1 is 0.280 bits per heavy atom. The second-order valence-corrected chi connectivity index (χ2v) is 20.9. The maximum Gasteiger partial charge on any atom is 0.306 e. The molecule has 75 heavy (non-hydrogen) atoms. The minimum Gasteiger partial charge on any atom is -0.462 e. The van der Waals surface area contributed by atoms with E-state index >= 15 is 0 Å².